The van der Waals surface area contributed by atoms with Gasteiger partial charge < -0.3 is 20.3 Å². The molecule has 3 atom stereocenters. The number of hydrogen-bond acceptors (Lipinski definition) is 4. The van der Waals surface area contributed by atoms with E-state index in [0.29, 0.717) is 0 Å². The first-order valence-corrected chi connectivity index (χ1v) is 7.22. The van der Waals surface area contributed by atoms with Crippen LogP contribution in [0.3, 0.4) is 0 Å². The van der Waals surface area contributed by atoms with E-state index in [-0.39, 0.29) is 0 Å². The number of rotatable bonds is 6. The molecule has 3 amide bonds. The van der Waals surface area contributed by atoms with Crippen LogP contribution in [0.2, 0.25) is 0 Å². The average molecular weight is 341 g/mol. The van der Waals surface area contributed by atoms with Crippen molar-refractivity contribution in [3.8, 4) is 12.3 Å². The van der Waals surface area contributed by atoms with Gasteiger partial charge in [-0.05, 0) is 27.7 Å². The molecule has 0 heterocycles. The van der Waals surface area contributed by atoms with Gasteiger partial charge in [-0.1, -0.05) is 12.0 Å². The number of nitrogens with one attached hydrogen (secondary N) is 2. The molecule has 0 aliphatic carbocycles. The van der Waals surface area contributed by atoms with Crippen LogP contribution in [-0.4, -0.2) is 53.8 Å². The van der Waals surface area contributed by atoms with E-state index in [2.05, 4.69) is 23.1 Å². The molecule has 134 valence electrons. The normalized spacial score (nSPS) is 14.4. The molecular formula is C16H24FN3O4. The first-order valence-electron chi connectivity index (χ1n) is 7.22. The maximum atomic E-state index is 13.2. The van der Waals surface area contributed by atoms with E-state index in [1.165, 1.54) is 7.05 Å². The SMILES string of the molecule is C#C[C@H](NC(=O)[C@@H](C=C)NC(=O)OC(C)(C)C)C(=O)N(C)C(C)F. The van der Waals surface area contributed by atoms with Gasteiger partial charge in [0.25, 0.3) is 5.91 Å². The second-order valence-electron chi connectivity index (χ2n) is 5.99. The number of nitrogens with zero attached hydrogens (tertiary/aromatic N) is 1. The van der Waals surface area contributed by atoms with Gasteiger partial charge >= 0.3 is 6.09 Å². The number of likely N-dealkylation sites (N-methyl/N-ethyl adjacent to an activating group) is 1. The largest absolute Gasteiger partial charge is 0.444 e. The summed E-state index contributed by atoms with van der Waals surface area (Å²) in [5, 5.41) is 4.53. The Hall–Kier alpha value is -2.56. The van der Waals surface area contributed by atoms with Crippen LogP contribution in [0.5, 0.6) is 0 Å². The Kier molecular flexibility index (Phi) is 7.96. The van der Waals surface area contributed by atoms with Gasteiger partial charge in [0.1, 0.15) is 11.6 Å². The number of alkyl halides is 1. The molecule has 0 saturated carbocycles. The number of hydrogen-bond donors (Lipinski definition) is 2. The predicted octanol–water partition coefficient (Wildman–Crippen LogP) is 0.958. The molecule has 0 aromatic rings. The molecule has 1 unspecified atom stereocenters. The molecule has 2 N–H and O–H groups in total. The van der Waals surface area contributed by atoms with Crippen molar-refractivity contribution in [2.24, 2.45) is 0 Å². The minimum absolute atomic E-state index is 0.746. The van der Waals surface area contributed by atoms with E-state index in [0.717, 1.165) is 17.9 Å². The lowest BCUT2D eigenvalue weighted by Gasteiger charge is -2.24. The predicted molar refractivity (Wildman–Crippen MR) is 87.5 cm³/mol. The number of amides is 3. The summed E-state index contributed by atoms with van der Waals surface area (Å²) in [5.74, 6) is 0.509. The monoisotopic (exact) mass is 341 g/mol. The smallest absolute Gasteiger partial charge is 0.408 e. The molecule has 0 bridgehead atoms. The molecule has 0 aromatic carbocycles. The van der Waals surface area contributed by atoms with E-state index in [9.17, 15) is 18.8 Å². The number of carbonyl (C=O) groups is 3. The molecule has 24 heavy (non-hydrogen) atoms. The van der Waals surface area contributed by atoms with E-state index in [4.69, 9.17) is 11.2 Å². The summed E-state index contributed by atoms with van der Waals surface area (Å²) in [6.07, 6.45) is 3.96. The Balaban J connectivity index is 4.91. The molecular weight excluding hydrogens is 317 g/mol. The number of terminal acetylenes is 1. The highest BCUT2D eigenvalue weighted by Crippen LogP contribution is 2.07. The molecule has 0 aliphatic rings. The van der Waals surface area contributed by atoms with Gasteiger partial charge in [0.05, 0.1) is 0 Å². The van der Waals surface area contributed by atoms with Crippen LogP contribution < -0.4 is 10.6 Å². The van der Waals surface area contributed by atoms with Gasteiger partial charge in [-0.2, -0.15) is 0 Å². The third-order valence-electron chi connectivity index (χ3n) is 2.77. The van der Waals surface area contributed by atoms with Crippen molar-refractivity contribution in [2.75, 3.05) is 7.05 Å². The summed E-state index contributed by atoms with van der Waals surface area (Å²) >= 11 is 0. The average Bonchev–Trinajstić information content (AvgIpc) is 2.46. The lowest BCUT2D eigenvalue weighted by molar-refractivity contribution is -0.137. The molecule has 8 heteroatoms. The van der Waals surface area contributed by atoms with Gasteiger partial charge in [0.2, 0.25) is 5.91 Å². The highest BCUT2D eigenvalue weighted by molar-refractivity contribution is 5.93. The van der Waals surface area contributed by atoms with Crippen LogP contribution in [0.15, 0.2) is 12.7 Å². The van der Waals surface area contributed by atoms with E-state index < -0.39 is 41.9 Å². The summed E-state index contributed by atoms with van der Waals surface area (Å²) < 4.78 is 18.2. The molecule has 0 fully saturated rings. The van der Waals surface area contributed by atoms with Gasteiger partial charge in [0, 0.05) is 7.05 Å². The van der Waals surface area contributed by atoms with Crippen molar-refractivity contribution in [1.29, 1.82) is 0 Å². The van der Waals surface area contributed by atoms with E-state index in [1.54, 1.807) is 20.8 Å². The first kappa shape index (κ1) is 21.4. The minimum Gasteiger partial charge on any atom is -0.444 e. The van der Waals surface area contributed by atoms with Crippen molar-refractivity contribution < 1.29 is 23.5 Å². The third kappa shape index (κ3) is 7.13. The third-order valence-corrected chi connectivity index (χ3v) is 2.77. The fraction of sp³-hybridized carbons (Fsp3) is 0.562. The van der Waals surface area contributed by atoms with Crippen molar-refractivity contribution in [3.05, 3.63) is 12.7 Å². The van der Waals surface area contributed by atoms with Gasteiger partial charge in [0.15, 0.2) is 12.3 Å². The summed E-state index contributed by atoms with van der Waals surface area (Å²) in [7, 11) is 1.22. The zero-order valence-corrected chi connectivity index (χ0v) is 14.6. The lowest BCUT2D eigenvalue weighted by Crippen LogP contribution is -2.54. The standard InChI is InChI=1S/C16H24FN3O4/c1-8-11(19-15(23)24-16(4,5)6)13(21)18-12(9-2)14(22)20(7)10(3)17/h2,8,10-12H,1H2,3-7H3,(H,18,21)(H,19,23)/t10?,11-,12+/m1/s1. The fourth-order valence-corrected chi connectivity index (χ4v) is 1.45. The summed E-state index contributed by atoms with van der Waals surface area (Å²) in [4.78, 5) is 36.5. The van der Waals surface area contributed by atoms with Crippen molar-refractivity contribution in [3.63, 3.8) is 0 Å². The highest BCUT2D eigenvalue weighted by Gasteiger charge is 2.28. The van der Waals surface area contributed by atoms with Crippen LogP contribution >= 0.6 is 0 Å². The van der Waals surface area contributed by atoms with E-state index in [1.807, 2.05) is 0 Å². The maximum absolute atomic E-state index is 13.2. The van der Waals surface area contributed by atoms with Crippen LogP contribution in [0, 0.1) is 12.3 Å². The zero-order valence-electron chi connectivity index (χ0n) is 14.6. The molecule has 7 nitrogen and oxygen atoms in total. The number of ether oxygens (including phenoxy) is 1. The quantitative estimate of drug-likeness (QED) is 0.428. The summed E-state index contributed by atoms with van der Waals surface area (Å²) in [5.41, 5.74) is -0.746. The fourth-order valence-electron chi connectivity index (χ4n) is 1.45. The van der Waals surface area contributed by atoms with Gasteiger partial charge in [-0.25, -0.2) is 9.18 Å². The number of halogens is 1. The molecule has 0 radical (unpaired) electrons. The molecule has 0 rings (SSSR count). The van der Waals surface area contributed by atoms with Crippen LogP contribution in [0.1, 0.15) is 27.7 Å². The number of alkyl carbamates (subject to hydrolysis) is 1. The zero-order chi connectivity index (χ0) is 19.1. The first-order chi connectivity index (χ1) is 10.9. The highest BCUT2D eigenvalue weighted by atomic mass is 19.1. The Morgan fingerprint density at radius 2 is 1.88 bits per heavy atom. The van der Waals surface area contributed by atoms with Crippen molar-refractivity contribution >= 4 is 17.9 Å². The van der Waals surface area contributed by atoms with Crippen LogP contribution in [0.25, 0.3) is 0 Å². The molecule has 0 spiro atoms. The van der Waals surface area contributed by atoms with Crippen molar-refractivity contribution in [1.82, 2.24) is 15.5 Å². The maximum Gasteiger partial charge on any atom is 0.408 e. The van der Waals surface area contributed by atoms with E-state index >= 15 is 0 Å². The Morgan fingerprint density at radius 1 is 1.33 bits per heavy atom. The molecule has 0 saturated heterocycles. The lowest BCUT2D eigenvalue weighted by atomic mass is 10.2. The Morgan fingerprint density at radius 3 is 2.25 bits per heavy atom. The minimum atomic E-state index is -1.57. The summed E-state index contributed by atoms with van der Waals surface area (Å²) in [6, 6.07) is -2.54. The Labute approximate surface area is 141 Å². The second kappa shape index (κ2) is 8.91. The molecule has 0 aliphatic heterocycles. The topological polar surface area (TPSA) is 87.7 Å². The second-order valence-corrected chi connectivity index (χ2v) is 5.99. The van der Waals surface area contributed by atoms with Gasteiger partial charge in [-0.15, -0.1) is 13.0 Å². The van der Waals surface area contributed by atoms with Gasteiger partial charge in [-0.3, -0.25) is 9.59 Å². The number of carbonyl (C=O) groups excluding carboxylic acids is 3. The summed E-state index contributed by atoms with van der Waals surface area (Å²) in [6.45, 7) is 9.58. The van der Waals surface area contributed by atoms with Crippen molar-refractivity contribution in [2.45, 2.75) is 51.7 Å². The Bertz CT molecular complexity index is 534. The molecule has 0 aromatic heterocycles. The van der Waals surface area contributed by atoms with Crippen LogP contribution in [-0.2, 0) is 14.3 Å². The van der Waals surface area contributed by atoms with Crippen LogP contribution in [0.4, 0.5) is 9.18 Å².